The molecule has 0 saturated carbocycles. The van der Waals surface area contributed by atoms with Crippen molar-refractivity contribution < 1.29 is 22.7 Å². The topological polar surface area (TPSA) is 70.1 Å². The summed E-state index contributed by atoms with van der Waals surface area (Å²) in [4.78, 5) is 7.34. The van der Waals surface area contributed by atoms with Gasteiger partial charge in [0.25, 0.3) is 0 Å². The van der Waals surface area contributed by atoms with Gasteiger partial charge in [0.2, 0.25) is 5.95 Å². The first-order valence-corrected chi connectivity index (χ1v) is 7.06. The van der Waals surface area contributed by atoms with Gasteiger partial charge in [0.15, 0.2) is 5.69 Å². The normalized spacial score (nSPS) is 12.8. The molecule has 0 spiro atoms. The summed E-state index contributed by atoms with van der Waals surface area (Å²) in [6, 6.07) is 4.41. The molecule has 0 saturated heterocycles. The summed E-state index contributed by atoms with van der Waals surface area (Å²) < 4.78 is 52.5. The second kappa shape index (κ2) is 7.00. The Kier molecular flexibility index (Phi) is 5.23. The van der Waals surface area contributed by atoms with E-state index in [9.17, 15) is 17.6 Å². The van der Waals surface area contributed by atoms with E-state index in [-0.39, 0.29) is 23.9 Å². The third-order valence-electron chi connectivity index (χ3n) is 3.20. The molecule has 2 aromatic rings. The number of nitrogens with one attached hydrogen (secondary N) is 2. The minimum atomic E-state index is -4.67. The Bertz CT molecular complexity index is 721. The van der Waals surface area contributed by atoms with Gasteiger partial charge in [-0.3, -0.25) is 0 Å². The fourth-order valence-corrected chi connectivity index (χ4v) is 1.87. The zero-order chi connectivity index (χ0) is 17.9. The van der Waals surface area contributed by atoms with Gasteiger partial charge in [0, 0.05) is 23.4 Å². The van der Waals surface area contributed by atoms with Crippen LogP contribution in [0.4, 0.5) is 35.0 Å². The predicted octanol–water partition coefficient (Wildman–Crippen LogP) is 3.48. The van der Waals surface area contributed by atoms with Crippen molar-refractivity contribution in [3.05, 3.63) is 41.3 Å². The van der Waals surface area contributed by atoms with Crippen LogP contribution in [0.3, 0.4) is 0 Å². The number of rotatable bonds is 5. The number of hydrogen-bond donors (Lipinski definition) is 3. The quantitative estimate of drug-likeness (QED) is 0.725. The van der Waals surface area contributed by atoms with Gasteiger partial charge in [-0.1, -0.05) is 6.07 Å². The summed E-state index contributed by atoms with van der Waals surface area (Å²) in [6.45, 7) is 2.76. The Labute approximate surface area is 135 Å². The molecule has 5 nitrogen and oxygen atoms in total. The van der Waals surface area contributed by atoms with Gasteiger partial charge in [-0.2, -0.15) is 18.2 Å². The molecule has 0 aliphatic carbocycles. The predicted molar refractivity (Wildman–Crippen MR) is 81.6 cm³/mol. The highest BCUT2D eigenvalue weighted by Crippen LogP contribution is 2.31. The highest BCUT2D eigenvalue weighted by molar-refractivity contribution is 5.61. The standard InChI is InChI=1S/C15H16F4N4O/c1-8(7-24)20-14-22-12(15(17,18)19)6-13(23-14)21-11-5-3-4-10(16)9(11)2/h3-6,8,24H,7H2,1-2H3,(H2,20,21,22,23)/t8-/m0/s1. The molecule has 24 heavy (non-hydrogen) atoms. The third-order valence-corrected chi connectivity index (χ3v) is 3.20. The van der Waals surface area contributed by atoms with E-state index < -0.39 is 23.7 Å². The van der Waals surface area contributed by atoms with Crippen molar-refractivity contribution in [2.75, 3.05) is 17.2 Å². The first kappa shape index (κ1) is 17.9. The van der Waals surface area contributed by atoms with Gasteiger partial charge < -0.3 is 15.7 Å². The first-order valence-electron chi connectivity index (χ1n) is 7.06. The lowest BCUT2D eigenvalue weighted by molar-refractivity contribution is -0.141. The summed E-state index contributed by atoms with van der Waals surface area (Å²) in [6.07, 6.45) is -4.67. The highest BCUT2D eigenvalue weighted by atomic mass is 19.4. The molecule has 1 aromatic heterocycles. The summed E-state index contributed by atoms with van der Waals surface area (Å²) >= 11 is 0. The monoisotopic (exact) mass is 344 g/mol. The van der Waals surface area contributed by atoms with E-state index in [0.29, 0.717) is 5.69 Å². The van der Waals surface area contributed by atoms with Crippen LogP contribution < -0.4 is 10.6 Å². The zero-order valence-electron chi connectivity index (χ0n) is 12.9. The van der Waals surface area contributed by atoms with Gasteiger partial charge >= 0.3 is 6.18 Å². The Balaban J connectivity index is 2.41. The van der Waals surface area contributed by atoms with Crippen LogP contribution in [0.1, 0.15) is 18.2 Å². The molecule has 1 heterocycles. The van der Waals surface area contributed by atoms with Crippen LogP contribution in [-0.2, 0) is 6.18 Å². The third kappa shape index (κ3) is 4.31. The van der Waals surface area contributed by atoms with Crippen molar-refractivity contribution in [3.63, 3.8) is 0 Å². The van der Waals surface area contributed by atoms with E-state index in [0.717, 1.165) is 6.07 Å². The minimum absolute atomic E-state index is 0.140. The number of benzene rings is 1. The molecule has 1 atom stereocenters. The average Bonchev–Trinajstić information content (AvgIpc) is 2.50. The number of aliphatic hydroxyl groups is 1. The minimum Gasteiger partial charge on any atom is -0.394 e. The van der Waals surface area contributed by atoms with E-state index in [4.69, 9.17) is 5.11 Å². The lowest BCUT2D eigenvalue weighted by Gasteiger charge is -2.16. The molecule has 0 bridgehead atoms. The van der Waals surface area contributed by atoms with Gasteiger partial charge in [-0.05, 0) is 26.0 Å². The van der Waals surface area contributed by atoms with Crippen LogP contribution in [0.15, 0.2) is 24.3 Å². The summed E-state index contributed by atoms with van der Waals surface area (Å²) in [5.41, 5.74) is -0.604. The van der Waals surface area contributed by atoms with Crippen LogP contribution >= 0.6 is 0 Å². The fraction of sp³-hybridized carbons (Fsp3) is 0.333. The van der Waals surface area contributed by atoms with Gasteiger partial charge in [0.05, 0.1) is 6.61 Å². The van der Waals surface area contributed by atoms with Crippen molar-refractivity contribution in [1.29, 1.82) is 0 Å². The molecule has 0 fully saturated rings. The number of aromatic nitrogens is 2. The first-order chi connectivity index (χ1) is 11.2. The smallest absolute Gasteiger partial charge is 0.394 e. The number of aliphatic hydroxyl groups excluding tert-OH is 1. The Hall–Kier alpha value is -2.42. The molecule has 1 aromatic carbocycles. The lowest BCUT2D eigenvalue weighted by Crippen LogP contribution is -2.22. The molecule has 0 aliphatic rings. The Morgan fingerprint density at radius 1 is 1.25 bits per heavy atom. The van der Waals surface area contributed by atoms with E-state index >= 15 is 0 Å². The molecular formula is C15H16F4N4O. The SMILES string of the molecule is Cc1c(F)cccc1Nc1cc(C(F)(F)F)nc(N[C@@H](C)CO)n1. The number of halogens is 4. The fourth-order valence-electron chi connectivity index (χ4n) is 1.87. The highest BCUT2D eigenvalue weighted by Gasteiger charge is 2.34. The number of alkyl halides is 3. The molecule has 0 unspecified atom stereocenters. The van der Waals surface area contributed by atoms with Gasteiger partial charge in [-0.15, -0.1) is 0 Å². The molecule has 3 N–H and O–H groups in total. The van der Waals surface area contributed by atoms with E-state index in [2.05, 4.69) is 20.6 Å². The van der Waals surface area contributed by atoms with Crippen LogP contribution in [0.5, 0.6) is 0 Å². The van der Waals surface area contributed by atoms with E-state index in [1.165, 1.54) is 25.1 Å². The van der Waals surface area contributed by atoms with Crippen molar-refractivity contribution in [2.45, 2.75) is 26.1 Å². The van der Waals surface area contributed by atoms with E-state index in [1.54, 1.807) is 6.92 Å². The van der Waals surface area contributed by atoms with Crippen LogP contribution in [0.25, 0.3) is 0 Å². The summed E-state index contributed by atoms with van der Waals surface area (Å²) in [7, 11) is 0. The number of nitrogens with zero attached hydrogens (tertiary/aromatic N) is 2. The molecule has 0 aliphatic heterocycles. The average molecular weight is 344 g/mol. The van der Waals surface area contributed by atoms with Crippen LogP contribution in [0, 0.1) is 12.7 Å². The van der Waals surface area contributed by atoms with Gasteiger partial charge in [0.1, 0.15) is 11.6 Å². The maximum Gasteiger partial charge on any atom is 0.433 e. The second-order valence-corrected chi connectivity index (χ2v) is 5.23. The second-order valence-electron chi connectivity index (χ2n) is 5.23. The Morgan fingerprint density at radius 3 is 2.58 bits per heavy atom. The number of anilines is 3. The lowest BCUT2D eigenvalue weighted by atomic mass is 10.2. The van der Waals surface area contributed by atoms with Crippen molar-refractivity contribution in [1.82, 2.24) is 9.97 Å². The van der Waals surface area contributed by atoms with Crippen LogP contribution in [0.2, 0.25) is 0 Å². The molecular weight excluding hydrogens is 328 g/mol. The zero-order valence-corrected chi connectivity index (χ0v) is 12.9. The molecule has 2 rings (SSSR count). The van der Waals surface area contributed by atoms with Crippen molar-refractivity contribution >= 4 is 17.5 Å². The maximum atomic E-state index is 13.6. The van der Waals surface area contributed by atoms with Crippen molar-refractivity contribution in [2.24, 2.45) is 0 Å². The molecule has 0 amide bonds. The van der Waals surface area contributed by atoms with Crippen LogP contribution in [-0.4, -0.2) is 27.7 Å². The van der Waals surface area contributed by atoms with Gasteiger partial charge in [-0.25, -0.2) is 9.37 Å². The maximum absolute atomic E-state index is 13.6. The summed E-state index contributed by atoms with van der Waals surface area (Å²) in [5, 5.41) is 14.2. The molecule has 130 valence electrons. The Morgan fingerprint density at radius 2 is 1.96 bits per heavy atom. The largest absolute Gasteiger partial charge is 0.433 e. The van der Waals surface area contributed by atoms with Crippen molar-refractivity contribution in [3.8, 4) is 0 Å². The molecule has 0 radical (unpaired) electrons. The summed E-state index contributed by atoms with van der Waals surface area (Å²) in [5.74, 6) is -0.918. The van der Waals surface area contributed by atoms with E-state index in [1.807, 2.05) is 0 Å². The number of hydrogen-bond acceptors (Lipinski definition) is 5. The molecule has 9 heteroatoms.